The molecule has 1 heterocycles. The molecule has 0 spiro atoms. The van der Waals surface area contributed by atoms with E-state index in [4.69, 9.17) is 4.74 Å². The molecule has 1 aromatic heterocycles. The molecule has 2 rings (SSSR count). The first kappa shape index (κ1) is 12.6. The number of pyridine rings is 1. The van der Waals surface area contributed by atoms with Crippen LogP contribution in [0.5, 0.6) is 11.5 Å². The van der Waals surface area contributed by atoms with Gasteiger partial charge in [0.2, 0.25) is 0 Å². The van der Waals surface area contributed by atoms with Crippen molar-refractivity contribution >= 4 is 0 Å². The second-order valence-corrected chi connectivity index (χ2v) is 4.43. The van der Waals surface area contributed by atoms with Gasteiger partial charge in [-0.1, -0.05) is 32.0 Å². The summed E-state index contributed by atoms with van der Waals surface area (Å²) in [5, 5.41) is 3.37. The molecule has 0 aliphatic heterocycles. The van der Waals surface area contributed by atoms with Crippen molar-refractivity contribution in [1.29, 1.82) is 0 Å². The molecule has 18 heavy (non-hydrogen) atoms. The van der Waals surface area contributed by atoms with Crippen molar-refractivity contribution in [2.45, 2.75) is 26.4 Å². The zero-order chi connectivity index (χ0) is 12.8. The molecule has 3 nitrogen and oxygen atoms in total. The van der Waals surface area contributed by atoms with Crippen LogP contribution in [0.2, 0.25) is 0 Å². The van der Waals surface area contributed by atoms with E-state index in [2.05, 4.69) is 24.1 Å². The van der Waals surface area contributed by atoms with Gasteiger partial charge in [-0.3, -0.25) is 4.98 Å². The highest BCUT2D eigenvalue weighted by molar-refractivity contribution is 5.35. The molecule has 1 aromatic carbocycles. The zero-order valence-electron chi connectivity index (χ0n) is 10.8. The van der Waals surface area contributed by atoms with Crippen LogP contribution in [0.1, 0.15) is 19.4 Å². The van der Waals surface area contributed by atoms with Crippen LogP contribution in [0.3, 0.4) is 0 Å². The van der Waals surface area contributed by atoms with Crippen molar-refractivity contribution in [2.24, 2.45) is 0 Å². The molecule has 0 radical (unpaired) electrons. The first-order chi connectivity index (χ1) is 8.75. The summed E-state index contributed by atoms with van der Waals surface area (Å²) in [4.78, 5) is 4.14. The highest BCUT2D eigenvalue weighted by atomic mass is 16.5. The summed E-state index contributed by atoms with van der Waals surface area (Å²) in [5.41, 5.74) is 1.06. The Kier molecular flexibility index (Phi) is 4.31. The van der Waals surface area contributed by atoms with E-state index in [1.807, 2.05) is 42.6 Å². The summed E-state index contributed by atoms with van der Waals surface area (Å²) in [6, 6.07) is 12.1. The summed E-state index contributed by atoms with van der Waals surface area (Å²) in [6.07, 6.45) is 3.59. The smallest absolute Gasteiger partial charge is 0.134 e. The molecule has 0 amide bonds. The number of ether oxygens (including phenoxy) is 1. The number of nitrogens with zero attached hydrogens (tertiary/aromatic N) is 1. The van der Waals surface area contributed by atoms with Crippen molar-refractivity contribution in [3.63, 3.8) is 0 Å². The Hall–Kier alpha value is -1.87. The van der Waals surface area contributed by atoms with Crippen molar-refractivity contribution in [1.82, 2.24) is 10.3 Å². The minimum Gasteiger partial charge on any atom is -0.457 e. The normalized spacial score (nSPS) is 10.6. The molecule has 3 heteroatoms. The topological polar surface area (TPSA) is 34.2 Å². The molecule has 0 unspecified atom stereocenters. The molecule has 0 saturated heterocycles. The molecule has 0 aliphatic carbocycles. The molecular weight excluding hydrogens is 224 g/mol. The zero-order valence-corrected chi connectivity index (χ0v) is 10.8. The summed E-state index contributed by atoms with van der Waals surface area (Å²) in [7, 11) is 0. The van der Waals surface area contributed by atoms with E-state index in [0.717, 1.165) is 23.6 Å². The molecule has 94 valence electrons. The van der Waals surface area contributed by atoms with Crippen LogP contribution in [-0.4, -0.2) is 11.0 Å². The Morgan fingerprint density at radius 1 is 1.17 bits per heavy atom. The van der Waals surface area contributed by atoms with Crippen LogP contribution in [-0.2, 0) is 6.54 Å². The van der Waals surface area contributed by atoms with Crippen molar-refractivity contribution in [3.8, 4) is 11.5 Å². The van der Waals surface area contributed by atoms with E-state index in [1.165, 1.54) is 0 Å². The molecule has 0 saturated carbocycles. The Balaban J connectivity index is 2.12. The first-order valence-electron chi connectivity index (χ1n) is 6.15. The largest absolute Gasteiger partial charge is 0.457 e. The number of hydrogen-bond acceptors (Lipinski definition) is 3. The summed E-state index contributed by atoms with van der Waals surface area (Å²) < 4.78 is 5.86. The van der Waals surface area contributed by atoms with Gasteiger partial charge in [-0.15, -0.1) is 0 Å². The van der Waals surface area contributed by atoms with Crippen LogP contribution < -0.4 is 10.1 Å². The number of para-hydroxylation sites is 1. The highest BCUT2D eigenvalue weighted by Gasteiger charge is 2.05. The van der Waals surface area contributed by atoms with Crippen LogP contribution in [0.15, 0.2) is 48.8 Å². The van der Waals surface area contributed by atoms with Gasteiger partial charge in [0.15, 0.2) is 0 Å². The second-order valence-electron chi connectivity index (χ2n) is 4.43. The molecule has 0 atom stereocenters. The van der Waals surface area contributed by atoms with Gasteiger partial charge in [0.05, 0.1) is 0 Å². The monoisotopic (exact) mass is 242 g/mol. The maximum Gasteiger partial charge on any atom is 0.134 e. The molecule has 2 aromatic rings. The minimum atomic E-state index is 0.440. The predicted molar refractivity (Wildman–Crippen MR) is 72.7 cm³/mol. The maximum atomic E-state index is 5.86. The minimum absolute atomic E-state index is 0.440. The fourth-order valence-electron chi connectivity index (χ4n) is 1.58. The molecule has 0 aliphatic rings. The Morgan fingerprint density at radius 3 is 2.67 bits per heavy atom. The van der Waals surface area contributed by atoms with Gasteiger partial charge in [-0.2, -0.15) is 0 Å². The number of rotatable bonds is 5. The molecule has 1 N–H and O–H groups in total. The van der Waals surface area contributed by atoms with Crippen LogP contribution in [0.4, 0.5) is 0 Å². The predicted octanol–water partition coefficient (Wildman–Crippen LogP) is 3.37. The lowest BCUT2D eigenvalue weighted by molar-refractivity contribution is 0.468. The second kappa shape index (κ2) is 6.17. The lowest BCUT2D eigenvalue weighted by Gasteiger charge is -2.12. The van der Waals surface area contributed by atoms with Crippen molar-refractivity contribution < 1.29 is 4.74 Å². The lowest BCUT2D eigenvalue weighted by atomic mass is 10.2. The number of hydrogen-bond donors (Lipinski definition) is 1. The lowest BCUT2D eigenvalue weighted by Crippen LogP contribution is -2.22. The van der Waals surface area contributed by atoms with E-state index in [0.29, 0.717) is 6.04 Å². The third-order valence-corrected chi connectivity index (χ3v) is 2.53. The number of nitrogens with one attached hydrogen (secondary N) is 1. The fraction of sp³-hybridized carbons (Fsp3) is 0.267. The third kappa shape index (κ3) is 3.57. The Morgan fingerprint density at radius 2 is 1.94 bits per heavy atom. The van der Waals surface area contributed by atoms with Crippen LogP contribution in [0, 0.1) is 0 Å². The van der Waals surface area contributed by atoms with Gasteiger partial charge >= 0.3 is 0 Å². The summed E-state index contributed by atoms with van der Waals surface area (Å²) in [6.45, 7) is 5.00. The van der Waals surface area contributed by atoms with E-state index in [9.17, 15) is 0 Å². The molecular formula is C15H18N2O. The van der Waals surface area contributed by atoms with E-state index in [-0.39, 0.29) is 0 Å². The van der Waals surface area contributed by atoms with Crippen molar-refractivity contribution in [2.75, 3.05) is 0 Å². The summed E-state index contributed by atoms with van der Waals surface area (Å²) >= 11 is 0. The highest BCUT2D eigenvalue weighted by Crippen LogP contribution is 2.24. The maximum absolute atomic E-state index is 5.86. The van der Waals surface area contributed by atoms with Crippen molar-refractivity contribution in [3.05, 3.63) is 54.4 Å². The SMILES string of the molecule is CC(C)NCc1cnccc1Oc1ccccc1. The van der Waals surface area contributed by atoms with Gasteiger partial charge in [-0.25, -0.2) is 0 Å². The Labute approximate surface area is 108 Å². The van der Waals surface area contributed by atoms with Gasteiger partial charge < -0.3 is 10.1 Å². The quantitative estimate of drug-likeness (QED) is 0.872. The van der Waals surface area contributed by atoms with Gasteiger partial charge in [0.1, 0.15) is 11.5 Å². The summed E-state index contributed by atoms with van der Waals surface area (Å²) in [5.74, 6) is 1.69. The standard InChI is InChI=1S/C15H18N2O/c1-12(2)17-11-13-10-16-9-8-15(13)18-14-6-4-3-5-7-14/h3-10,12,17H,11H2,1-2H3. The van der Waals surface area contributed by atoms with Gasteiger partial charge in [0, 0.05) is 30.5 Å². The van der Waals surface area contributed by atoms with E-state index >= 15 is 0 Å². The molecule has 0 fully saturated rings. The Bertz CT molecular complexity index is 483. The first-order valence-corrected chi connectivity index (χ1v) is 6.15. The third-order valence-electron chi connectivity index (χ3n) is 2.53. The number of benzene rings is 1. The van der Waals surface area contributed by atoms with E-state index < -0.39 is 0 Å². The van der Waals surface area contributed by atoms with Crippen LogP contribution in [0.25, 0.3) is 0 Å². The average molecular weight is 242 g/mol. The average Bonchev–Trinajstić information content (AvgIpc) is 2.39. The number of aromatic nitrogens is 1. The van der Waals surface area contributed by atoms with E-state index in [1.54, 1.807) is 6.20 Å². The fourth-order valence-corrected chi connectivity index (χ4v) is 1.58. The van der Waals surface area contributed by atoms with Gasteiger partial charge in [0.25, 0.3) is 0 Å². The van der Waals surface area contributed by atoms with Crippen LogP contribution >= 0.6 is 0 Å². The molecule has 0 bridgehead atoms. The van der Waals surface area contributed by atoms with Gasteiger partial charge in [-0.05, 0) is 18.2 Å².